The Morgan fingerprint density at radius 1 is 1.33 bits per heavy atom. The highest BCUT2D eigenvalue weighted by molar-refractivity contribution is 6.00. The normalized spacial score (nSPS) is 21.3. The fourth-order valence-electron chi connectivity index (χ4n) is 2.88. The van der Waals surface area contributed by atoms with Gasteiger partial charge in [0.25, 0.3) is 0 Å². The maximum Gasteiger partial charge on any atom is 0.244 e. The van der Waals surface area contributed by atoms with E-state index in [0.717, 1.165) is 24.6 Å². The summed E-state index contributed by atoms with van der Waals surface area (Å²) in [6.07, 6.45) is 5.20. The van der Waals surface area contributed by atoms with E-state index in [2.05, 4.69) is 15.2 Å². The summed E-state index contributed by atoms with van der Waals surface area (Å²) in [5.41, 5.74) is 6.14. The van der Waals surface area contributed by atoms with E-state index in [1.807, 2.05) is 12.1 Å². The van der Waals surface area contributed by atoms with Gasteiger partial charge in [0.05, 0.1) is 5.69 Å². The lowest BCUT2D eigenvalue weighted by atomic mass is 9.90. The first-order valence-corrected chi connectivity index (χ1v) is 7.57. The number of nitrogens with one attached hydrogen (secondary N) is 1. The van der Waals surface area contributed by atoms with Crippen molar-refractivity contribution in [1.29, 1.82) is 0 Å². The molecule has 2 aliphatic heterocycles. The Balaban J connectivity index is 1.76. The number of hydrogen-bond donors (Lipinski definition) is 2. The zero-order valence-electron chi connectivity index (χ0n) is 12.2. The number of aromatic nitrogens is 1. The minimum Gasteiger partial charge on any atom is -0.381 e. The van der Waals surface area contributed by atoms with Crippen molar-refractivity contribution in [3.63, 3.8) is 0 Å². The van der Waals surface area contributed by atoms with Gasteiger partial charge >= 0.3 is 0 Å². The highest BCUT2D eigenvalue weighted by atomic mass is 16.5. The first-order chi connectivity index (χ1) is 10.2. The fraction of sp³-hybridized carbons (Fsp3) is 0.600. The topological polar surface area (TPSA) is 80.5 Å². The van der Waals surface area contributed by atoms with Crippen LogP contribution < -0.4 is 16.0 Å². The molecule has 1 aromatic rings. The van der Waals surface area contributed by atoms with Crippen LogP contribution >= 0.6 is 0 Å². The molecule has 1 amide bonds. The number of hydrogen-bond acceptors (Lipinski definition) is 5. The van der Waals surface area contributed by atoms with E-state index < -0.39 is 5.54 Å². The van der Waals surface area contributed by atoms with Crippen molar-refractivity contribution in [1.82, 2.24) is 4.98 Å². The van der Waals surface area contributed by atoms with Crippen LogP contribution in [0.2, 0.25) is 0 Å². The maximum absolute atomic E-state index is 12.5. The highest BCUT2D eigenvalue weighted by Gasteiger charge is 2.36. The number of carbonyl (C=O) groups is 1. The Kier molecular flexibility index (Phi) is 4.07. The summed E-state index contributed by atoms with van der Waals surface area (Å²) in [5.74, 6) is 0.707. The summed E-state index contributed by atoms with van der Waals surface area (Å²) in [4.78, 5) is 19.2. The number of ether oxygens (including phenoxy) is 1. The average Bonchev–Trinajstić information content (AvgIpc) is 3.02. The summed E-state index contributed by atoms with van der Waals surface area (Å²) in [6.45, 7) is 3.05. The first kappa shape index (κ1) is 14.3. The molecule has 2 saturated heterocycles. The lowest BCUT2D eigenvalue weighted by Crippen LogP contribution is -2.54. The van der Waals surface area contributed by atoms with Crippen molar-refractivity contribution in [3.05, 3.63) is 18.3 Å². The van der Waals surface area contributed by atoms with Gasteiger partial charge in [0, 0.05) is 32.5 Å². The molecule has 0 atom stereocenters. The molecule has 0 aromatic carbocycles. The van der Waals surface area contributed by atoms with Gasteiger partial charge in [0.15, 0.2) is 5.82 Å². The van der Waals surface area contributed by atoms with Crippen LogP contribution in [0.5, 0.6) is 0 Å². The van der Waals surface area contributed by atoms with Crippen LogP contribution in [0.15, 0.2) is 18.3 Å². The standard InChI is InChI=1S/C15H22N4O2/c16-15(5-10-21-11-6-15)14(20)18-12-4-3-7-17-13(12)19-8-1-2-9-19/h3-4,7H,1-2,5-6,8-11,16H2,(H,18,20). The second kappa shape index (κ2) is 5.99. The molecule has 3 heterocycles. The van der Waals surface area contributed by atoms with Crippen LogP contribution in [0.3, 0.4) is 0 Å². The number of nitrogens with two attached hydrogens (primary N) is 1. The van der Waals surface area contributed by atoms with Crippen LogP contribution in [-0.4, -0.2) is 42.7 Å². The maximum atomic E-state index is 12.5. The number of carbonyl (C=O) groups excluding carboxylic acids is 1. The fourth-order valence-corrected chi connectivity index (χ4v) is 2.88. The predicted molar refractivity (Wildman–Crippen MR) is 81.3 cm³/mol. The molecule has 114 valence electrons. The van der Waals surface area contributed by atoms with Crippen molar-refractivity contribution in [2.75, 3.05) is 36.5 Å². The van der Waals surface area contributed by atoms with Gasteiger partial charge < -0.3 is 20.7 Å². The van der Waals surface area contributed by atoms with Gasteiger partial charge in [-0.2, -0.15) is 0 Å². The average molecular weight is 290 g/mol. The third-order valence-electron chi connectivity index (χ3n) is 4.28. The van der Waals surface area contributed by atoms with E-state index in [-0.39, 0.29) is 5.91 Å². The Morgan fingerprint density at radius 2 is 2.05 bits per heavy atom. The van der Waals surface area contributed by atoms with Crippen LogP contribution in [0.1, 0.15) is 25.7 Å². The summed E-state index contributed by atoms with van der Waals surface area (Å²) < 4.78 is 5.29. The smallest absolute Gasteiger partial charge is 0.244 e. The van der Waals surface area contributed by atoms with Crippen molar-refractivity contribution >= 4 is 17.4 Å². The highest BCUT2D eigenvalue weighted by Crippen LogP contribution is 2.28. The van der Waals surface area contributed by atoms with E-state index in [0.29, 0.717) is 26.1 Å². The monoisotopic (exact) mass is 290 g/mol. The first-order valence-electron chi connectivity index (χ1n) is 7.57. The van der Waals surface area contributed by atoms with E-state index in [1.54, 1.807) is 6.20 Å². The van der Waals surface area contributed by atoms with Gasteiger partial charge in [-0.15, -0.1) is 0 Å². The number of anilines is 2. The van der Waals surface area contributed by atoms with Crippen LogP contribution in [0, 0.1) is 0 Å². The van der Waals surface area contributed by atoms with Crippen LogP contribution in [-0.2, 0) is 9.53 Å². The second-order valence-electron chi connectivity index (χ2n) is 5.79. The molecule has 21 heavy (non-hydrogen) atoms. The summed E-state index contributed by atoms with van der Waals surface area (Å²) in [7, 11) is 0. The third-order valence-corrected chi connectivity index (χ3v) is 4.28. The Hall–Kier alpha value is -1.66. The summed E-state index contributed by atoms with van der Waals surface area (Å²) >= 11 is 0. The third kappa shape index (κ3) is 3.01. The number of nitrogens with zero attached hydrogens (tertiary/aromatic N) is 2. The Labute approximate surface area is 124 Å². The van der Waals surface area contributed by atoms with Gasteiger partial charge in [-0.25, -0.2) is 4.98 Å². The summed E-state index contributed by atoms with van der Waals surface area (Å²) in [5, 5.41) is 2.97. The van der Waals surface area contributed by atoms with E-state index in [1.165, 1.54) is 12.8 Å². The molecule has 6 nitrogen and oxygen atoms in total. The van der Waals surface area contributed by atoms with E-state index in [4.69, 9.17) is 10.5 Å². The lowest BCUT2D eigenvalue weighted by molar-refractivity contribution is -0.124. The minimum atomic E-state index is -0.837. The quantitative estimate of drug-likeness (QED) is 0.872. The second-order valence-corrected chi connectivity index (χ2v) is 5.79. The largest absolute Gasteiger partial charge is 0.381 e. The number of pyridine rings is 1. The van der Waals surface area contributed by atoms with Gasteiger partial charge in [-0.3, -0.25) is 4.79 Å². The van der Waals surface area contributed by atoms with Crippen molar-refractivity contribution in [2.45, 2.75) is 31.2 Å². The molecule has 0 radical (unpaired) electrons. The number of amides is 1. The molecule has 3 N–H and O–H groups in total. The summed E-state index contributed by atoms with van der Waals surface area (Å²) in [6, 6.07) is 3.73. The molecule has 6 heteroatoms. The van der Waals surface area contributed by atoms with Crippen molar-refractivity contribution in [2.24, 2.45) is 5.73 Å². The molecule has 1 aromatic heterocycles. The van der Waals surface area contributed by atoms with Crippen molar-refractivity contribution < 1.29 is 9.53 Å². The minimum absolute atomic E-state index is 0.140. The van der Waals surface area contributed by atoms with E-state index >= 15 is 0 Å². The zero-order chi connectivity index (χ0) is 14.7. The molecular formula is C15H22N4O2. The van der Waals surface area contributed by atoms with Gasteiger partial charge in [0.2, 0.25) is 5.91 Å². The zero-order valence-corrected chi connectivity index (χ0v) is 12.2. The SMILES string of the molecule is NC1(C(=O)Nc2cccnc2N2CCCC2)CCOCC1. The van der Waals surface area contributed by atoms with Crippen LogP contribution in [0.4, 0.5) is 11.5 Å². The molecule has 0 spiro atoms. The van der Waals surface area contributed by atoms with Crippen LogP contribution in [0.25, 0.3) is 0 Å². The molecule has 0 unspecified atom stereocenters. The molecule has 0 bridgehead atoms. The molecule has 0 saturated carbocycles. The molecule has 3 rings (SSSR count). The Bertz CT molecular complexity index is 508. The van der Waals surface area contributed by atoms with Gasteiger partial charge in [-0.05, 0) is 37.8 Å². The van der Waals surface area contributed by atoms with E-state index in [9.17, 15) is 4.79 Å². The molecular weight excluding hydrogens is 268 g/mol. The van der Waals surface area contributed by atoms with Crippen molar-refractivity contribution in [3.8, 4) is 0 Å². The lowest BCUT2D eigenvalue weighted by Gasteiger charge is -2.32. The van der Waals surface area contributed by atoms with Gasteiger partial charge in [0.1, 0.15) is 5.54 Å². The molecule has 0 aliphatic carbocycles. The molecule has 2 fully saturated rings. The predicted octanol–water partition coefficient (Wildman–Crippen LogP) is 1.13. The molecule has 2 aliphatic rings. The number of rotatable bonds is 3. The Morgan fingerprint density at radius 3 is 2.76 bits per heavy atom. The van der Waals surface area contributed by atoms with Gasteiger partial charge in [-0.1, -0.05) is 0 Å².